The Labute approximate surface area is 751 Å². The molecule has 0 radical (unpaired) electrons. The number of fused-ring (bicyclic) bond motifs is 7. The minimum absolute atomic E-state index is 0.0223. The monoisotopic (exact) mass is 1620 g/mol. The van der Waals surface area contributed by atoms with Crippen LogP contribution in [-0.2, 0) is 54.1 Å². The van der Waals surface area contributed by atoms with Crippen molar-refractivity contribution in [1.82, 2.24) is 4.57 Å². The molecule has 13 aromatic carbocycles. The van der Waals surface area contributed by atoms with E-state index >= 15 is 0 Å². The number of aromatic nitrogens is 1. The van der Waals surface area contributed by atoms with E-state index in [4.69, 9.17) is 1.37 Å². The molecule has 122 heavy (non-hydrogen) atoms. The molecule has 0 amide bonds. The van der Waals surface area contributed by atoms with Gasteiger partial charge in [-0.1, -0.05) is 396 Å². The summed E-state index contributed by atoms with van der Waals surface area (Å²) < 4.78 is 128. The standard InChI is InChI=1S/C118H132BN3/c1-109(2,3)80-49-44-74(45-50-80)92-68-87(116(22,23)24)70-94(79-60-85(114(16,17)18)66-86(61-79)115(19,20)21)107(92)121-102-62-76(73-38-32-31-33-39-73)48-56-98(102)119-99-57-54-89(120-100-42-36-34-40-90(100)91-41-35-37-43-101(91)120)72-103(99)122(105-64-78(63-104(121)106(105)119)77-58-83(112(10,11)12)65-84(59-77)113(13,14)15)108-93(75-46-51-81(52-47-75)110(4,5)6)69-88(117(25,26)27)71-96(108)95-67-82(111(7,8)9)53-55-97(95)118(28,29)30/h31-72H,1-30H3/i31D,32D,33D,34D,35D,36D,37D,38D,39D,40D,41D,42D,43D. The van der Waals surface area contributed by atoms with Crippen LogP contribution in [0.1, 0.15) is 281 Å². The van der Waals surface area contributed by atoms with Crippen molar-refractivity contribution in [3.63, 3.8) is 0 Å². The SMILES string of the molecule is [2H]c1c([2H])c([2H])c(-c2ccc3c(c2)N(c2c(-c4ccc(C(C)(C)C)cc4)cc(C(C)(C)C)cc2-c2cc(C(C)(C)C)cc(C(C)(C)C)c2)c2cc(-c4cc(C(C)(C)C)cc(C(C)(C)C)c4)cc4c2B3c2ccc(-n3c5c([2H])c([2H])c([2H])c([2H])c5c5c([2H])c([2H])c([2H])c([2H])c53)cc2N4c2c(-c3ccc(C(C)(C)C)cc3)cc(C(C)(C)C)cc2-c2cc(C(C)(C)C)ccc2C(C)(C)C)c([2H])c1[2H]. The third-order valence-corrected chi connectivity index (χ3v) is 25.6. The Hall–Kier alpha value is -10.7. The van der Waals surface area contributed by atoms with Crippen molar-refractivity contribution in [2.75, 3.05) is 9.80 Å². The summed E-state index contributed by atoms with van der Waals surface area (Å²) in [7, 11) is 0. The predicted molar refractivity (Wildman–Crippen MR) is 534 cm³/mol. The summed E-state index contributed by atoms with van der Waals surface area (Å²) in [6.07, 6.45) is 0. The van der Waals surface area contributed by atoms with Crippen molar-refractivity contribution in [3.8, 4) is 72.4 Å². The molecule has 16 rings (SSSR count). The van der Waals surface area contributed by atoms with Crippen molar-refractivity contribution in [3.05, 3.63) is 310 Å². The first-order valence-corrected chi connectivity index (χ1v) is 43.9. The van der Waals surface area contributed by atoms with Crippen LogP contribution in [0.25, 0.3) is 94.3 Å². The van der Waals surface area contributed by atoms with E-state index in [2.05, 4.69) is 381 Å². The topological polar surface area (TPSA) is 11.4 Å². The van der Waals surface area contributed by atoms with Gasteiger partial charge in [0.25, 0.3) is 6.71 Å². The van der Waals surface area contributed by atoms with Crippen LogP contribution in [0.5, 0.6) is 0 Å². The van der Waals surface area contributed by atoms with Gasteiger partial charge in [-0.2, -0.15) is 0 Å². The van der Waals surface area contributed by atoms with Gasteiger partial charge in [0.05, 0.1) is 40.2 Å². The van der Waals surface area contributed by atoms with E-state index in [1.165, 1.54) is 0 Å². The van der Waals surface area contributed by atoms with Crippen LogP contribution >= 0.6 is 0 Å². The van der Waals surface area contributed by atoms with E-state index < -0.39 is 89.4 Å². The molecule has 3 heterocycles. The van der Waals surface area contributed by atoms with Crippen molar-refractivity contribution < 1.29 is 17.8 Å². The fourth-order valence-electron chi connectivity index (χ4n) is 18.0. The highest BCUT2D eigenvalue weighted by molar-refractivity contribution is 7.00. The van der Waals surface area contributed by atoms with Gasteiger partial charge in [-0.15, -0.1) is 0 Å². The molecule has 14 aromatic rings. The maximum Gasteiger partial charge on any atom is 0.252 e. The Kier molecular flexibility index (Phi) is 16.9. The summed E-state index contributed by atoms with van der Waals surface area (Å²) in [6.45, 7) is 67.3. The number of nitrogens with zero attached hydrogens (tertiary/aromatic N) is 3. The van der Waals surface area contributed by atoms with Crippen molar-refractivity contribution in [2.45, 2.75) is 262 Å². The molecule has 622 valence electrons. The lowest BCUT2D eigenvalue weighted by molar-refractivity contribution is 0.568. The van der Waals surface area contributed by atoms with Gasteiger partial charge in [0.1, 0.15) is 0 Å². The smallest absolute Gasteiger partial charge is 0.252 e. The first-order valence-electron chi connectivity index (χ1n) is 50.4. The van der Waals surface area contributed by atoms with Crippen LogP contribution in [0, 0.1) is 0 Å². The third kappa shape index (κ3) is 15.6. The Morgan fingerprint density at radius 1 is 0.230 bits per heavy atom. The lowest BCUT2D eigenvalue weighted by Crippen LogP contribution is -2.61. The quantitative estimate of drug-likeness (QED) is 0.133. The maximum atomic E-state index is 10.2. The molecule has 0 N–H and O–H groups in total. The number of benzene rings is 13. The molecule has 0 unspecified atom stereocenters. The zero-order valence-electron chi connectivity index (χ0n) is 91.2. The summed E-state index contributed by atoms with van der Waals surface area (Å²) in [5, 5.41) is -0.0941. The molecule has 4 heteroatoms. The predicted octanol–water partition coefficient (Wildman–Crippen LogP) is 31.8. The van der Waals surface area contributed by atoms with Crippen LogP contribution in [-0.4, -0.2) is 11.3 Å². The molecule has 3 nitrogen and oxygen atoms in total. The number of rotatable bonds is 9. The zero-order valence-corrected chi connectivity index (χ0v) is 78.2. The molecular weight excluding hydrogens is 1470 g/mol. The number of para-hydroxylation sites is 2. The minimum atomic E-state index is -0.770. The van der Waals surface area contributed by atoms with E-state index in [9.17, 15) is 16.4 Å². The highest BCUT2D eigenvalue weighted by atomic mass is 15.2. The summed E-state index contributed by atoms with van der Waals surface area (Å²) in [4.78, 5) is 4.97. The second kappa shape index (κ2) is 29.5. The molecule has 0 bridgehead atoms. The van der Waals surface area contributed by atoms with Crippen LogP contribution in [0.15, 0.2) is 254 Å². The molecule has 0 fully saturated rings. The van der Waals surface area contributed by atoms with Gasteiger partial charge in [-0.05, 0) is 237 Å². The minimum Gasteiger partial charge on any atom is -0.310 e. The van der Waals surface area contributed by atoms with Gasteiger partial charge in [0.15, 0.2) is 0 Å². The molecule has 0 saturated carbocycles. The van der Waals surface area contributed by atoms with E-state index in [0.717, 1.165) is 150 Å². The number of hydrogen-bond acceptors (Lipinski definition) is 2. The van der Waals surface area contributed by atoms with Gasteiger partial charge < -0.3 is 14.4 Å². The van der Waals surface area contributed by atoms with Gasteiger partial charge in [0, 0.05) is 61.5 Å². The largest absolute Gasteiger partial charge is 0.310 e. The second-order valence-electron chi connectivity index (χ2n) is 45.2. The van der Waals surface area contributed by atoms with E-state index in [1.54, 1.807) is 4.57 Å². The molecular formula is C118H132BN3. The van der Waals surface area contributed by atoms with Crippen molar-refractivity contribution in [1.29, 1.82) is 0 Å². The normalized spacial score (nSPS) is 15.3. The molecule has 1 aromatic heterocycles. The molecule has 2 aliphatic rings. The van der Waals surface area contributed by atoms with E-state index in [-0.39, 0.29) is 77.4 Å². The second-order valence-corrected chi connectivity index (χ2v) is 45.2. The first kappa shape index (κ1) is 69.8. The average Bonchev–Trinajstić information content (AvgIpc) is 1.20. The lowest BCUT2D eigenvalue weighted by atomic mass is 9.33. The van der Waals surface area contributed by atoms with Crippen molar-refractivity contribution in [2.24, 2.45) is 0 Å². The average molecular weight is 1620 g/mol. The molecule has 0 spiro atoms. The number of anilines is 6. The molecule has 0 saturated heterocycles. The Balaban J connectivity index is 1.24. The van der Waals surface area contributed by atoms with Gasteiger partial charge >= 0.3 is 0 Å². The maximum absolute atomic E-state index is 10.2. The summed E-state index contributed by atoms with van der Waals surface area (Å²) in [5.74, 6) is 0. The first-order chi connectivity index (χ1) is 62.2. The van der Waals surface area contributed by atoms with E-state index in [1.807, 2.05) is 12.1 Å². The number of hydrogen-bond donors (Lipinski definition) is 0. The highest BCUT2D eigenvalue weighted by Gasteiger charge is 2.47. The molecule has 0 aliphatic carbocycles. The summed E-state index contributed by atoms with van der Waals surface area (Å²) >= 11 is 0. The van der Waals surface area contributed by atoms with Gasteiger partial charge in [-0.25, -0.2) is 0 Å². The zero-order chi connectivity index (χ0) is 99.1. The van der Waals surface area contributed by atoms with Crippen LogP contribution in [0.3, 0.4) is 0 Å². The fraction of sp³-hybridized carbons (Fsp3) is 0.339. The summed E-state index contributed by atoms with van der Waals surface area (Å²) in [6, 6.07) is 60.0. The Morgan fingerprint density at radius 3 is 0.984 bits per heavy atom. The van der Waals surface area contributed by atoms with Gasteiger partial charge in [0.2, 0.25) is 0 Å². The third-order valence-electron chi connectivity index (χ3n) is 25.6. The van der Waals surface area contributed by atoms with E-state index in [0.29, 0.717) is 22.6 Å². The van der Waals surface area contributed by atoms with Crippen LogP contribution in [0.2, 0.25) is 0 Å². The Morgan fingerprint density at radius 2 is 0.557 bits per heavy atom. The molecule has 2 aliphatic heterocycles. The Bertz CT molecular complexity index is 7110. The summed E-state index contributed by atoms with van der Waals surface area (Å²) in [5.41, 5.74) is 24.7. The highest BCUT2D eigenvalue weighted by Crippen LogP contribution is 2.58. The molecule has 0 atom stereocenters. The van der Waals surface area contributed by atoms with Crippen LogP contribution < -0.4 is 26.2 Å². The van der Waals surface area contributed by atoms with Gasteiger partial charge in [-0.3, -0.25) is 0 Å². The van der Waals surface area contributed by atoms with Crippen LogP contribution in [0.4, 0.5) is 34.1 Å². The van der Waals surface area contributed by atoms with Crippen molar-refractivity contribution >= 4 is 79.0 Å². The lowest BCUT2D eigenvalue weighted by Gasteiger charge is -2.46. The fourth-order valence-corrected chi connectivity index (χ4v) is 18.0.